The summed E-state index contributed by atoms with van der Waals surface area (Å²) in [6.07, 6.45) is 31.3. The van der Waals surface area contributed by atoms with E-state index in [2.05, 4.69) is 31.2 Å². The van der Waals surface area contributed by atoms with Crippen molar-refractivity contribution in [3.63, 3.8) is 0 Å². The first kappa shape index (κ1) is 34.6. The van der Waals surface area contributed by atoms with Crippen LogP contribution in [0.4, 0.5) is 0 Å². The number of unbranched alkanes of at least 4 members (excludes halogenated alkanes) is 15. The predicted octanol–water partition coefficient (Wildman–Crippen LogP) is 8.10. The zero-order valence-electron chi connectivity index (χ0n) is 23.6. The minimum atomic E-state index is -4.55. The molecule has 0 aliphatic heterocycles. The molecule has 0 aromatic rings. The van der Waals surface area contributed by atoms with Gasteiger partial charge in [0, 0.05) is 0 Å². The molecule has 0 amide bonds. The van der Waals surface area contributed by atoms with Gasteiger partial charge in [0.2, 0.25) is 5.34 Å². The van der Waals surface area contributed by atoms with Crippen molar-refractivity contribution in [2.75, 3.05) is 27.7 Å². The number of quaternary nitrogens is 1. The second kappa shape index (κ2) is 20.6. The van der Waals surface area contributed by atoms with Crippen LogP contribution in [0.15, 0.2) is 24.3 Å². The van der Waals surface area contributed by atoms with Crippen LogP contribution in [-0.4, -0.2) is 52.4 Å². The average molecular weight is 517 g/mol. The van der Waals surface area contributed by atoms with E-state index in [1.54, 1.807) is 0 Å². The van der Waals surface area contributed by atoms with E-state index in [-0.39, 0.29) is 13.0 Å². The number of rotatable bonds is 24. The Morgan fingerprint density at radius 3 is 1.34 bits per heavy atom. The molecule has 6 heteroatoms. The molecule has 0 aromatic heterocycles. The van der Waals surface area contributed by atoms with Crippen molar-refractivity contribution in [1.82, 2.24) is 0 Å². The third-order valence-corrected chi connectivity index (χ3v) is 7.97. The zero-order valence-corrected chi connectivity index (χ0v) is 24.5. The second-order valence-corrected chi connectivity index (χ2v) is 13.3. The highest BCUT2D eigenvalue weighted by atomic mass is 31.2. The molecule has 3 N–H and O–H groups in total. The third-order valence-electron chi connectivity index (χ3n) is 6.52. The molecule has 1 unspecified atom stereocenters. The van der Waals surface area contributed by atoms with Crippen LogP contribution in [0.2, 0.25) is 0 Å². The molecule has 0 saturated heterocycles. The second-order valence-electron chi connectivity index (χ2n) is 11.4. The minimum Gasteiger partial charge on any atom is -0.373 e. The largest absolute Gasteiger partial charge is 0.373 e. The van der Waals surface area contributed by atoms with E-state index in [4.69, 9.17) is 0 Å². The van der Waals surface area contributed by atoms with Gasteiger partial charge in [-0.2, -0.15) is 0 Å². The van der Waals surface area contributed by atoms with Crippen molar-refractivity contribution in [2.45, 2.75) is 134 Å². The number of aliphatic hydroxyl groups is 1. The Bertz CT molecular complexity index is 594. The Hall–Kier alpha value is -0.450. The Balaban J connectivity index is 3.55. The van der Waals surface area contributed by atoms with Gasteiger partial charge in [-0.3, -0.25) is 4.57 Å². The Morgan fingerprint density at radius 2 is 0.971 bits per heavy atom. The van der Waals surface area contributed by atoms with E-state index in [0.29, 0.717) is 10.9 Å². The maximum absolute atomic E-state index is 11.8. The van der Waals surface area contributed by atoms with Crippen molar-refractivity contribution in [2.24, 2.45) is 0 Å². The number of hydrogen-bond donors (Lipinski definition) is 3. The van der Waals surface area contributed by atoms with Gasteiger partial charge in [-0.1, -0.05) is 95.4 Å². The monoisotopic (exact) mass is 516 g/mol. The van der Waals surface area contributed by atoms with Crippen LogP contribution in [0.3, 0.4) is 0 Å². The molecule has 0 aliphatic carbocycles. The predicted molar refractivity (Wildman–Crippen MR) is 152 cm³/mol. The molecule has 0 bridgehead atoms. The smallest absolute Gasteiger partial charge is 0.362 e. The van der Waals surface area contributed by atoms with Gasteiger partial charge in [-0.15, -0.1) is 0 Å². The molecule has 1 atom stereocenters. The van der Waals surface area contributed by atoms with Crippen molar-refractivity contribution < 1.29 is 23.9 Å². The number of allylic oxidation sites excluding steroid dienone is 4. The third kappa shape index (κ3) is 21.4. The van der Waals surface area contributed by atoms with E-state index in [9.17, 15) is 19.5 Å². The van der Waals surface area contributed by atoms with Crippen LogP contribution in [0, 0.1) is 0 Å². The maximum Gasteiger partial charge on any atom is 0.362 e. The van der Waals surface area contributed by atoms with Crippen molar-refractivity contribution in [1.29, 1.82) is 0 Å². The van der Waals surface area contributed by atoms with Gasteiger partial charge in [-0.25, -0.2) is 0 Å². The summed E-state index contributed by atoms with van der Waals surface area (Å²) in [4.78, 5) is 19.2. The summed E-state index contributed by atoms with van der Waals surface area (Å²) in [5.41, 5.74) is 0. The lowest BCUT2D eigenvalue weighted by Crippen LogP contribution is -2.49. The first-order chi connectivity index (χ1) is 16.5. The lowest BCUT2D eigenvalue weighted by Gasteiger charge is -2.35. The van der Waals surface area contributed by atoms with Crippen LogP contribution in [0.5, 0.6) is 0 Å². The molecule has 0 aromatic carbocycles. The molecule has 0 radical (unpaired) electrons. The van der Waals surface area contributed by atoms with Gasteiger partial charge >= 0.3 is 7.60 Å². The minimum absolute atomic E-state index is 0.0591. The summed E-state index contributed by atoms with van der Waals surface area (Å²) in [6, 6.07) is 0. The molecular weight excluding hydrogens is 457 g/mol. The lowest BCUT2D eigenvalue weighted by molar-refractivity contribution is -0.875. The quantitative estimate of drug-likeness (QED) is 0.0524. The highest BCUT2D eigenvalue weighted by Gasteiger charge is 2.48. The van der Waals surface area contributed by atoms with E-state index in [0.717, 1.165) is 19.3 Å². The molecule has 0 spiro atoms. The summed E-state index contributed by atoms with van der Waals surface area (Å²) in [5.74, 6) is 0. The fourth-order valence-corrected chi connectivity index (χ4v) is 5.54. The Morgan fingerprint density at radius 1 is 0.629 bits per heavy atom. The molecule has 35 heavy (non-hydrogen) atoms. The summed E-state index contributed by atoms with van der Waals surface area (Å²) >= 11 is 0. The van der Waals surface area contributed by atoms with E-state index in [1.807, 2.05) is 21.1 Å². The first-order valence-corrected chi connectivity index (χ1v) is 16.0. The molecule has 208 valence electrons. The number of nitrogens with zero attached hydrogens (tertiary/aromatic N) is 1. The average Bonchev–Trinajstić information content (AvgIpc) is 2.75. The summed E-state index contributed by atoms with van der Waals surface area (Å²) in [6.45, 7) is 2.30. The van der Waals surface area contributed by atoms with E-state index >= 15 is 0 Å². The molecular formula is C29H59NO4P+. The molecule has 0 aliphatic rings. The van der Waals surface area contributed by atoms with Crippen LogP contribution >= 0.6 is 7.60 Å². The van der Waals surface area contributed by atoms with E-state index < -0.39 is 12.9 Å². The first-order valence-electron chi connectivity index (χ1n) is 14.4. The van der Waals surface area contributed by atoms with Gasteiger partial charge in [0.15, 0.2) is 0 Å². The van der Waals surface area contributed by atoms with E-state index in [1.165, 1.54) is 89.9 Å². The molecule has 0 fully saturated rings. The standard InChI is InChI=1S/C29H58NO4P/c1-5-6-7-8-9-10-11-12-13-14-15-16-17-18-19-20-21-22-23-24-25-26-27-29(31,35(32,33)34)28-30(2,3)4/h8-9,15-16,31H,5-7,10-14,17-28H2,1-4H3,(H-,32,33,34)/p+1/b9-8-,16-15-. The van der Waals surface area contributed by atoms with Gasteiger partial charge in [0.1, 0.15) is 6.54 Å². The summed E-state index contributed by atoms with van der Waals surface area (Å²) < 4.78 is 12.1. The van der Waals surface area contributed by atoms with Crippen LogP contribution < -0.4 is 0 Å². The number of likely N-dealkylation sites (N-methyl/N-ethyl adjacent to an activating group) is 1. The summed E-state index contributed by atoms with van der Waals surface area (Å²) in [5, 5.41) is 8.65. The maximum atomic E-state index is 11.8. The van der Waals surface area contributed by atoms with Gasteiger partial charge < -0.3 is 19.4 Å². The fourth-order valence-electron chi connectivity index (χ4n) is 4.48. The van der Waals surface area contributed by atoms with Crippen LogP contribution in [-0.2, 0) is 4.57 Å². The van der Waals surface area contributed by atoms with Gasteiger partial charge in [0.05, 0.1) is 21.1 Å². The van der Waals surface area contributed by atoms with Gasteiger partial charge in [-0.05, 0) is 57.8 Å². The topological polar surface area (TPSA) is 77.8 Å². The molecule has 0 heterocycles. The normalized spacial score (nSPS) is 14.8. The Kier molecular flexibility index (Phi) is 20.3. The fraction of sp³-hybridized carbons (Fsp3) is 0.862. The van der Waals surface area contributed by atoms with Gasteiger partial charge in [0.25, 0.3) is 0 Å². The molecule has 0 rings (SSSR count). The van der Waals surface area contributed by atoms with Crippen LogP contribution in [0.1, 0.15) is 129 Å². The van der Waals surface area contributed by atoms with Crippen molar-refractivity contribution in [3.05, 3.63) is 24.3 Å². The SMILES string of the molecule is CCCC/C=C\CCCCC/C=C\CCCCCCCCCCCC(O)(C[N+](C)(C)C)P(=O)(O)O. The zero-order chi connectivity index (χ0) is 26.5. The highest BCUT2D eigenvalue weighted by molar-refractivity contribution is 7.53. The summed E-state index contributed by atoms with van der Waals surface area (Å²) in [7, 11) is 0.975. The van der Waals surface area contributed by atoms with Crippen molar-refractivity contribution in [3.8, 4) is 0 Å². The highest BCUT2D eigenvalue weighted by Crippen LogP contribution is 2.52. The molecule has 5 nitrogen and oxygen atoms in total. The van der Waals surface area contributed by atoms with Crippen molar-refractivity contribution >= 4 is 7.60 Å². The molecule has 0 saturated carbocycles. The Labute approximate surface area is 217 Å². The lowest BCUT2D eigenvalue weighted by atomic mass is 10.0. The number of hydrogen-bond acceptors (Lipinski definition) is 2. The van der Waals surface area contributed by atoms with Crippen LogP contribution in [0.25, 0.3) is 0 Å².